The van der Waals surface area contributed by atoms with E-state index < -0.39 is 5.79 Å². The molecule has 0 aromatic carbocycles. The molecule has 0 radical (unpaired) electrons. The quantitative estimate of drug-likeness (QED) is 0.727. The Hall–Kier alpha value is -1.24. The summed E-state index contributed by atoms with van der Waals surface area (Å²) in [6, 6.07) is 0. The van der Waals surface area contributed by atoms with Crippen LogP contribution in [0, 0.1) is 0 Å². The van der Waals surface area contributed by atoms with Gasteiger partial charge >= 0.3 is 0 Å². The summed E-state index contributed by atoms with van der Waals surface area (Å²) in [4.78, 5) is 18.6. The summed E-state index contributed by atoms with van der Waals surface area (Å²) in [5.74, 6) is -0.445. The van der Waals surface area contributed by atoms with E-state index in [1.54, 1.807) is 29.3 Å². The molecule has 1 saturated heterocycles. The Morgan fingerprint density at radius 2 is 2.21 bits per heavy atom. The lowest BCUT2D eigenvalue weighted by molar-refractivity contribution is -0.163. The van der Waals surface area contributed by atoms with Crippen molar-refractivity contribution in [3.05, 3.63) is 27.1 Å². The van der Waals surface area contributed by atoms with Gasteiger partial charge in [-0.15, -0.1) is 11.3 Å². The molecular weight excluding hydrogens is 264 g/mol. The second-order valence-electron chi connectivity index (χ2n) is 5.13. The number of nitrogens with zero attached hydrogens (tertiary/aromatic N) is 2. The van der Waals surface area contributed by atoms with E-state index in [0.717, 1.165) is 35.0 Å². The van der Waals surface area contributed by atoms with Crippen molar-refractivity contribution < 1.29 is 9.47 Å². The van der Waals surface area contributed by atoms with Crippen LogP contribution in [0.15, 0.2) is 11.1 Å². The minimum absolute atomic E-state index is 0.0479. The molecule has 100 valence electrons. The maximum atomic E-state index is 12.2. The first kappa shape index (κ1) is 11.6. The van der Waals surface area contributed by atoms with Gasteiger partial charge < -0.3 is 14.0 Å². The molecule has 0 amide bonds. The van der Waals surface area contributed by atoms with E-state index in [9.17, 15) is 4.79 Å². The average molecular weight is 278 g/mol. The van der Waals surface area contributed by atoms with E-state index in [1.807, 2.05) is 0 Å². The monoisotopic (exact) mass is 278 g/mol. The number of thiophene rings is 1. The van der Waals surface area contributed by atoms with Gasteiger partial charge in [-0.3, -0.25) is 4.79 Å². The maximum absolute atomic E-state index is 12.2. The van der Waals surface area contributed by atoms with Gasteiger partial charge in [0.05, 0.1) is 24.9 Å². The summed E-state index contributed by atoms with van der Waals surface area (Å²) in [7, 11) is 1.74. The zero-order valence-electron chi connectivity index (χ0n) is 10.6. The van der Waals surface area contributed by atoms with E-state index in [1.165, 1.54) is 4.88 Å². The number of aryl methyl sites for hydroxylation is 2. The third-order valence-corrected chi connectivity index (χ3v) is 5.09. The third kappa shape index (κ3) is 1.60. The highest BCUT2D eigenvalue weighted by Gasteiger charge is 2.41. The summed E-state index contributed by atoms with van der Waals surface area (Å²) >= 11 is 1.60. The van der Waals surface area contributed by atoms with Gasteiger partial charge in [-0.1, -0.05) is 0 Å². The van der Waals surface area contributed by atoms with Crippen LogP contribution in [-0.2, 0) is 29.4 Å². The number of rotatable bonds is 0. The van der Waals surface area contributed by atoms with Gasteiger partial charge in [0.25, 0.3) is 5.56 Å². The van der Waals surface area contributed by atoms with Gasteiger partial charge in [-0.25, -0.2) is 4.98 Å². The molecule has 1 aliphatic carbocycles. The SMILES string of the molecule is Cn1cnc2sc3c(c2c1=O)CCC1(C3)OCCO1. The maximum Gasteiger partial charge on any atom is 0.262 e. The molecule has 19 heavy (non-hydrogen) atoms. The summed E-state index contributed by atoms with van der Waals surface area (Å²) < 4.78 is 13.1. The molecule has 2 aromatic heterocycles. The zero-order chi connectivity index (χ0) is 13.0. The number of aromatic nitrogens is 2. The number of hydrogen-bond acceptors (Lipinski definition) is 5. The molecule has 6 heteroatoms. The molecule has 5 nitrogen and oxygen atoms in total. The first-order chi connectivity index (χ1) is 9.19. The largest absolute Gasteiger partial charge is 0.347 e. The van der Waals surface area contributed by atoms with Crippen LogP contribution in [-0.4, -0.2) is 28.6 Å². The van der Waals surface area contributed by atoms with Gasteiger partial charge in [0.2, 0.25) is 0 Å². The molecule has 4 rings (SSSR count). The van der Waals surface area contributed by atoms with Crippen LogP contribution in [0.5, 0.6) is 0 Å². The lowest BCUT2D eigenvalue weighted by Crippen LogP contribution is -2.36. The van der Waals surface area contributed by atoms with Crippen LogP contribution in [0.2, 0.25) is 0 Å². The Morgan fingerprint density at radius 1 is 1.42 bits per heavy atom. The van der Waals surface area contributed by atoms with Crippen LogP contribution < -0.4 is 5.56 Å². The van der Waals surface area contributed by atoms with Crippen molar-refractivity contribution in [1.82, 2.24) is 9.55 Å². The highest BCUT2D eigenvalue weighted by molar-refractivity contribution is 7.18. The fourth-order valence-corrected chi connectivity index (χ4v) is 4.24. The molecule has 2 aromatic rings. The fraction of sp³-hybridized carbons (Fsp3) is 0.538. The topological polar surface area (TPSA) is 53.4 Å². The van der Waals surface area contributed by atoms with Crippen molar-refractivity contribution in [3.8, 4) is 0 Å². The van der Waals surface area contributed by atoms with Crippen LogP contribution in [0.3, 0.4) is 0 Å². The summed E-state index contributed by atoms with van der Waals surface area (Å²) in [6.45, 7) is 1.33. The summed E-state index contributed by atoms with van der Waals surface area (Å²) in [5.41, 5.74) is 1.20. The molecule has 0 saturated carbocycles. The van der Waals surface area contributed by atoms with Crippen molar-refractivity contribution in [2.75, 3.05) is 13.2 Å². The summed E-state index contributed by atoms with van der Waals surface area (Å²) in [5, 5.41) is 0.790. The minimum atomic E-state index is -0.445. The first-order valence-electron chi connectivity index (χ1n) is 6.42. The normalized spacial score (nSPS) is 21.1. The Labute approximate surface area is 113 Å². The van der Waals surface area contributed by atoms with E-state index in [0.29, 0.717) is 13.2 Å². The van der Waals surface area contributed by atoms with Gasteiger partial charge in [0, 0.05) is 24.8 Å². The first-order valence-corrected chi connectivity index (χ1v) is 7.24. The molecule has 0 unspecified atom stereocenters. The second kappa shape index (κ2) is 3.88. The molecule has 1 aliphatic heterocycles. The van der Waals surface area contributed by atoms with Gasteiger partial charge in [-0.2, -0.15) is 0 Å². The molecule has 0 N–H and O–H groups in total. The number of hydrogen-bond donors (Lipinski definition) is 0. The van der Waals surface area contributed by atoms with Crippen molar-refractivity contribution in [2.45, 2.75) is 25.0 Å². The number of ether oxygens (including phenoxy) is 2. The molecular formula is C13H14N2O3S. The smallest absolute Gasteiger partial charge is 0.262 e. The Bertz CT molecular complexity index is 712. The van der Waals surface area contributed by atoms with Gasteiger partial charge in [0.15, 0.2) is 5.79 Å². The molecule has 0 atom stereocenters. The molecule has 1 spiro atoms. The zero-order valence-corrected chi connectivity index (χ0v) is 11.5. The Kier molecular flexibility index (Phi) is 2.36. The predicted octanol–water partition coefficient (Wildman–Crippen LogP) is 1.23. The van der Waals surface area contributed by atoms with Crippen molar-refractivity contribution in [3.63, 3.8) is 0 Å². The standard InChI is InChI=1S/C13H14N2O3S/c1-15-7-14-11-10(12(15)16)8-2-3-13(6-9(8)19-11)17-4-5-18-13/h7H,2-6H2,1H3. The molecule has 0 bridgehead atoms. The van der Waals surface area contributed by atoms with E-state index in [4.69, 9.17) is 9.47 Å². The summed E-state index contributed by atoms with van der Waals surface area (Å²) in [6.07, 6.45) is 3.98. The van der Waals surface area contributed by atoms with Gasteiger partial charge in [0.1, 0.15) is 4.83 Å². The Balaban J connectivity index is 1.89. The lowest BCUT2D eigenvalue weighted by atomic mass is 9.92. The Morgan fingerprint density at radius 3 is 3.00 bits per heavy atom. The number of fused-ring (bicyclic) bond motifs is 3. The van der Waals surface area contributed by atoms with Crippen LogP contribution in [0.1, 0.15) is 16.9 Å². The van der Waals surface area contributed by atoms with E-state index >= 15 is 0 Å². The van der Waals surface area contributed by atoms with Gasteiger partial charge in [-0.05, 0) is 12.0 Å². The highest BCUT2D eigenvalue weighted by Crippen LogP contribution is 2.40. The van der Waals surface area contributed by atoms with E-state index in [2.05, 4.69) is 4.98 Å². The average Bonchev–Trinajstić information content (AvgIpc) is 2.99. The van der Waals surface area contributed by atoms with Crippen LogP contribution in [0.25, 0.3) is 10.2 Å². The third-order valence-electron chi connectivity index (χ3n) is 3.95. The lowest BCUT2D eigenvalue weighted by Gasteiger charge is -2.31. The second-order valence-corrected chi connectivity index (χ2v) is 6.21. The van der Waals surface area contributed by atoms with Crippen molar-refractivity contribution in [1.29, 1.82) is 0 Å². The molecule has 2 aliphatic rings. The van der Waals surface area contributed by atoms with Crippen LogP contribution in [0.4, 0.5) is 0 Å². The van der Waals surface area contributed by atoms with E-state index in [-0.39, 0.29) is 5.56 Å². The van der Waals surface area contributed by atoms with Crippen molar-refractivity contribution in [2.24, 2.45) is 7.05 Å². The predicted molar refractivity (Wildman–Crippen MR) is 71.5 cm³/mol. The molecule has 3 heterocycles. The minimum Gasteiger partial charge on any atom is -0.347 e. The highest BCUT2D eigenvalue weighted by atomic mass is 32.1. The fourth-order valence-electron chi connectivity index (χ4n) is 2.98. The van der Waals surface area contributed by atoms with Crippen LogP contribution >= 0.6 is 11.3 Å². The molecule has 1 fully saturated rings. The van der Waals surface area contributed by atoms with Crippen molar-refractivity contribution >= 4 is 21.6 Å².